The highest BCUT2D eigenvalue weighted by Crippen LogP contribution is 2.35. The van der Waals surface area contributed by atoms with Crippen molar-refractivity contribution in [3.05, 3.63) is 52.5 Å². The maximum atomic E-state index is 13.2. The quantitative estimate of drug-likeness (QED) is 0.493. The van der Waals surface area contributed by atoms with Crippen molar-refractivity contribution in [2.45, 2.75) is 24.7 Å². The highest BCUT2D eigenvalue weighted by Gasteiger charge is 2.36. The van der Waals surface area contributed by atoms with Gasteiger partial charge in [-0.15, -0.1) is 0 Å². The first-order valence-electron chi connectivity index (χ1n) is 9.94. The molecular formula is C21H21Cl2N3O3S2. The fourth-order valence-electron chi connectivity index (χ4n) is 3.78. The van der Waals surface area contributed by atoms with Crippen LogP contribution < -0.4 is 4.90 Å². The molecule has 0 saturated carbocycles. The number of anilines is 1. The van der Waals surface area contributed by atoms with E-state index in [0.29, 0.717) is 24.5 Å². The predicted octanol–water partition coefficient (Wildman–Crippen LogP) is 5.06. The Bertz CT molecular complexity index is 1170. The van der Waals surface area contributed by atoms with Gasteiger partial charge in [-0.05, 0) is 44.0 Å². The molecule has 1 fully saturated rings. The van der Waals surface area contributed by atoms with E-state index in [4.69, 9.17) is 23.2 Å². The number of sulfonamides is 1. The molecular weight excluding hydrogens is 477 g/mol. The van der Waals surface area contributed by atoms with Crippen molar-refractivity contribution in [1.82, 2.24) is 9.29 Å². The summed E-state index contributed by atoms with van der Waals surface area (Å²) in [6.45, 7) is 2.89. The maximum Gasteiger partial charge on any atom is 0.246 e. The number of carbonyl (C=O) groups is 1. The largest absolute Gasteiger partial charge is 0.288 e. The lowest BCUT2D eigenvalue weighted by Gasteiger charge is -2.33. The summed E-state index contributed by atoms with van der Waals surface area (Å²) in [7, 11) is -3.83. The van der Waals surface area contributed by atoms with Crippen molar-refractivity contribution in [1.29, 1.82) is 0 Å². The van der Waals surface area contributed by atoms with E-state index in [1.54, 1.807) is 11.0 Å². The third-order valence-corrected chi connectivity index (χ3v) is 9.33. The van der Waals surface area contributed by atoms with E-state index in [1.165, 1.54) is 27.8 Å². The molecule has 1 aromatic heterocycles. The number of benzene rings is 2. The molecule has 6 nitrogen and oxygen atoms in total. The lowest BCUT2D eigenvalue weighted by Crippen LogP contribution is -2.44. The van der Waals surface area contributed by atoms with Crippen LogP contribution in [-0.2, 0) is 14.8 Å². The van der Waals surface area contributed by atoms with Crippen LogP contribution in [0.5, 0.6) is 0 Å². The first-order valence-corrected chi connectivity index (χ1v) is 12.9. The van der Waals surface area contributed by atoms with Crippen LogP contribution in [0, 0.1) is 5.92 Å². The number of hydrogen-bond acceptors (Lipinski definition) is 5. The number of fused-ring (bicyclic) bond motifs is 1. The number of halogens is 2. The zero-order valence-corrected chi connectivity index (χ0v) is 19.9. The molecule has 0 N–H and O–H groups in total. The fraction of sp³-hybridized carbons (Fsp3) is 0.333. The van der Waals surface area contributed by atoms with Gasteiger partial charge in [0, 0.05) is 25.6 Å². The minimum absolute atomic E-state index is 0.0191. The number of hydrogen-bond donors (Lipinski definition) is 0. The second-order valence-electron chi connectivity index (χ2n) is 7.28. The highest BCUT2D eigenvalue weighted by atomic mass is 35.5. The molecule has 3 aromatic rings. The van der Waals surface area contributed by atoms with Crippen LogP contribution in [-0.4, -0.2) is 43.2 Å². The molecule has 0 bridgehead atoms. The molecule has 31 heavy (non-hydrogen) atoms. The van der Waals surface area contributed by atoms with Gasteiger partial charge in [-0.3, -0.25) is 9.69 Å². The summed E-state index contributed by atoms with van der Waals surface area (Å²) in [4.78, 5) is 19.4. The lowest BCUT2D eigenvalue weighted by molar-refractivity contribution is -0.123. The van der Waals surface area contributed by atoms with Crippen molar-refractivity contribution in [2.24, 2.45) is 5.92 Å². The van der Waals surface area contributed by atoms with Crippen molar-refractivity contribution >= 4 is 65.8 Å². The van der Waals surface area contributed by atoms with Gasteiger partial charge in [0.25, 0.3) is 0 Å². The van der Waals surface area contributed by atoms with E-state index in [1.807, 2.05) is 31.2 Å². The molecule has 0 unspecified atom stereocenters. The number of carbonyl (C=O) groups excluding carboxylic acids is 1. The molecule has 0 spiro atoms. The van der Waals surface area contributed by atoms with Gasteiger partial charge in [0.1, 0.15) is 4.90 Å². The summed E-state index contributed by atoms with van der Waals surface area (Å²) in [6, 6.07) is 12.4. The number of rotatable bonds is 5. The third kappa shape index (κ3) is 4.32. The molecule has 1 saturated heterocycles. The first-order chi connectivity index (χ1) is 14.8. The second kappa shape index (κ2) is 9.03. The first kappa shape index (κ1) is 22.5. The van der Waals surface area contributed by atoms with Gasteiger partial charge in [-0.2, -0.15) is 4.31 Å². The van der Waals surface area contributed by atoms with Gasteiger partial charge in [0.2, 0.25) is 15.9 Å². The predicted molar refractivity (Wildman–Crippen MR) is 126 cm³/mol. The summed E-state index contributed by atoms with van der Waals surface area (Å²) in [5, 5.41) is 0.865. The number of amides is 1. The van der Waals surface area contributed by atoms with Gasteiger partial charge in [0.05, 0.1) is 20.3 Å². The van der Waals surface area contributed by atoms with E-state index in [0.717, 1.165) is 10.2 Å². The Balaban J connectivity index is 1.49. The molecule has 10 heteroatoms. The van der Waals surface area contributed by atoms with Crippen LogP contribution in [0.1, 0.15) is 19.8 Å². The van der Waals surface area contributed by atoms with Crippen LogP contribution in [0.4, 0.5) is 5.13 Å². The van der Waals surface area contributed by atoms with Crippen molar-refractivity contribution in [3.8, 4) is 0 Å². The van der Waals surface area contributed by atoms with Gasteiger partial charge in [0.15, 0.2) is 5.13 Å². The van der Waals surface area contributed by atoms with E-state index in [9.17, 15) is 13.2 Å². The van der Waals surface area contributed by atoms with Crippen molar-refractivity contribution in [3.63, 3.8) is 0 Å². The molecule has 2 aromatic carbocycles. The Kier molecular flexibility index (Phi) is 6.55. The zero-order chi connectivity index (χ0) is 22.2. The minimum atomic E-state index is -3.83. The van der Waals surface area contributed by atoms with Crippen molar-refractivity contribution < 1.29 is 13.2 Å². The molecule has 4 rings (SSSR count). The average molecular weight is 498 g/mol. The Morgan fingerprint density at radius 3 is 2.39 bits per heavy atom. The Morgan fingerprint density at radius 1 is 1.13 bits per heavy atom. The Hall–Kier alpha value is -1.71. The van der Waals surface area contributed by atoms with Gasteiger partial charge in [-0.1, -0.05) is 52.7 Å². The summed E-state index contributed by atoms with van der Waals surface area (Å²) in [6.07, 6.45) is 0.864. The number of thiazole rings is 1. The molecule has 1 amide bonds. The molecule has 0 atom stereocenters. The summed E-state index contributed by atoms with van der Waals surface area (Å²) in [5.41, 5.74) is 0.867. The van der Waals surface area contributed by atoms with Crippen molar-refractivity contribution in [2.75, 3.05) is 24.5 Å². The zero-order valence-electron chi connectivity index (χ0n) is 16.8. The van der Waals surface area contributed by atoms with Gasteiger partial charge < -0.3 is 0 Å². The summed E-state index contributed by atoms with van der Waals surface area (Å²) in [5.74, 6) is -0.283. The second-order valence-corrected chi connectivity index (χ2v) is 11.0. The number of nitrogens with zero attached hydrogens (tertiary/aromatic N) is 3. The smallest absolute Gasteiger partial charge is 0.246 e. The van der Waals surface area contributed by atoms with E-state index in [-0.39, 0.29) is 39.9 Å². The minimum Gasteiger partial charge on any atom is -0.288 e. The monoisotopic (exact) mass is 497 g/mol. The summed E-state index contributed by atoms with van der Waals surface area (Å²) >= 11 is 13.7. The number of aromatic nitrogens is 1. The van der Waals surface area contributed by atoms with E-state index >= 15 is 0 Å². The van der Waals surface area contributed by atoms with Crippen LogP contribution in [0.2, 0.25) is 10.0 Å². The molecule has 0 aliphatic carbocycles. The number of piperidine rings is 1. The van der Waals surface area contributed by atoms with Gasteiger partial charge in [-0.25, -0.2) is 13.4 Å². The molecule has 2 heterocycles. The third-order valence-electron chi connectivity index (χ3n) is 5.42. The Labute approximate surface area is 195 Å². The SMILES string of the molecule is CCN(C(=O)C1CCN(S(=O)(=O)c2c(Cl)cccc2Cl)CC1)c1nc2ccccc2s1. The van der Waals surface area contributed by atoms with Crippen LogP contribution in [0.25, 0.3) is 10.2 Å². The van der Waals surface area contributed by atoms with Crippen LogP contribution in [0.3, 0.4) is 0 Å². The Morgan fingerprint density at radius 2 is 1.77 bits per heavy atom. The molecule has 0 radical (unpaired) electrons. The normalized spacial score (nSPS) is 16.0. The standard InChI is InChI=1S/C21H21Cl2N3O3S2/c1-2-26(21-24-17-8-3-4-9-18(17)30-21)20(27)14-10-12-25(13-11-14)31(28,29)19-15(22)6-5-7-16(19)23/h3-9,14H,2,10-13H2,1H3. The van der Waals surface area contributed by atoms with Gasteiger partial charge >= 0.3 is 0 Å². The summed E-state index contributed by atoms with van der Waals surface area (Å²) < 4.78 is 28.5. The fourth-order valence-corrected chi connectivity index (χ4v) is 7.38. The molecule has 1 aliphatic rings. The molecule has 164 valence electrons. The average Bonchev–Trinajstić information content (AvgIpc) is 3.17. The van der Waals surface area contributed by atoms with Crippen LogP contribution in [0.15, 0.2) is 47.4 Å². The lowest BCUT2D eigenvalue weighted by atomic mass is 9.96. The highest BCUT2D eigenvalue weighted by molar-refractivity contribution is 7.89. The topological polar surface area (TPSA) is 70.6 Å². The molecule has 1 aliphatic heterocycles. The van der Waals surface area contributed by atoms with E-state index < -0.39 is 10.0 Å². The van der Waals surface area contributed by atoms with Crippen LogP contribution >= 0.6 is 34.5 Å². The van der Waals surface area contributed by atoms with E-state index in [2.05, 4.69) is 4.98 Å². The maximum absolute atomic E-state index is 13.2. The number of para-hydroxylation sites is 1.